The Morgan fingerprint density at radius 2 is 1.52 bits per heavy atom. The number of methoxy groups -OCH3 is 1. The fourth-order valence-corrected chi connectivity index (χ4v) is 2.73. The van der Waals surface area contributed by atoms with Crippen LogP contribution >= 0.6 is 0 Å². The van der Waals surface area contributed by atoms with Crippen molar-refractivity contribution >= 4 is 24.0 Å². The van der Waals surface area contributed by atoms with E-state index < -0.39 is 6.09 Å². The Balaban J connectivity index is 1.97. The third-order valence-corrected chi connectivity index (χ3v) is 3.87. The van der Waals surface area contributed by atoms with Crippen molar-refractivity contribution in [2.45, 2.75) is 0 Å². The molecule has 1 amide bonds. The highest BCUT2D eigenvalue weighted by Crippen LogP contribution is 2.22. The van der Waals surface area contributed by atoms with Crippen LogP contribution in [0.5, 0.6) is 0 Å². The van der Waals surface area contributed by atoms with E-state index in [0.717, 1.165) is 11.1 Å². The van der Waals surface area contributed by atoms with Crippen LogP contribution < -0.4 is 0 Å². The van der Waals surface area contributed by atoms with Crippen LogP contribution in [-0.2, 0) is 23.6 Å². The van der Waals surface area contributed by atoms with E-state index in [1.165, 1.54) is 12.0 Å². The number of aryl methyl sites for hydroxylation is 2. The molecule has 0 radical (unpaired) electrons. The summed E-state index contributed by atoms with van der Waals surface area (Å²) >= 11 is 0. The first kappa shape index (κ1) is 16.7. The van der Waals surface area contributed by atoms with Crippen molar-refractivity contribution in [3.05, 3.63) is 47.1 Å². The predicted octanol–water partition coefficient (Wildman–Crippen LogP) is 1.27. The summed E-state index contributed by atoms with van der Waals surface area (Å²) in [5.41, 5.74) is 2.64. The van der Waals surface area contributed by atoms with Crippen LogP contribution in [0.4, 0.5) is 4.79 Å². The first-order valence-corrected chi connectivity index (χ1v) is 7.72. The molecule has 1 saturated heterocycles. The van der Waals surface area contributed by atoms with Gasteiger partial charge in [-0.3, -0.25) is 19.1 Å². The van der Waals surface area contributed by atoms with E-state index in [1.54, 1.807) is 48.0 Å². The van der Waals surface area contributed by atoms with E-state index in [-0.39, 0.29) is 18.9 Å². The molecule has 8 heteroatoms. The zero-order valence-corrected chi connectivity index (χ0v) is 14.3. The fourth-order valence-electron chi connectivity index (χ4n) is 2.73. The number of carbonyl (C=O) groups excluding carboxylic acids is 2. The molecule has 0 aliphatic carbocycles. The molecule has 25 heavy (non-hydrogen) atoms. The van der Waals surface area contributed by atoms with Gasteiger partial charge in [-0.1, -0.05) is 0 Å². The Morgan fingerprint density at radius 1 is 1.04 bits per heavy atom. The minimum absolute atomic E-state index is 0.0899. The van der Waals surface area contributed by atoms with Gasteiger partial charge in [0.05, 0.1) is 32.6 Å². The van der Waals surface area contributed by atoms with Crippen LogP contribution in [0.2, 0.25) is 0 Å². The van der Waals surface area contributed by atoms with Gasteiger partial charge in [0.1, 0.15) is 0 Å². The molecule has 0 unspecified atom stereocenters. The van der Waals surface area contributed by atoms with E-state index >= 15 is 0 Å². The van der Waals surface area contributed by atoms with Crippen LogP contribution in [-0.4, -0.2) is 56.5 Å². The number of hydrogen-bond acceptors (Lipinski definition) is 5. The van der Waals surface area contributed by atoms with Crippen LogP contribution in [0.25, 0.3) is 12.2 Å². The molecular weight excluding hydrogens is 322 g/mol. The number of carbonyl (C=O) groups is 2. The lowest BCUT2D eigenvalue weighted by Gasteiger charge is -2.28. The molecule has 3 rings (SSSR count). The molecule has 8 nitrogen and oxygen atoms in total. The summed E-state index contributed by atoms with van der Waals surface area (Å²) in [6.07, 6.45) is 9.98. The van der Waals surface area contributed by atoms with E-state index in [1.807, 2.05) is 12.4 Å². The molecular formula is C17H19N5O3. The first-order valence-electron chi connectivity index (χ1n) is 7.72. The summed E-state index contributed by atoms with van der Waals surface area (Å²) in [5.74, 6) is -0.0899. The van der Waals surface area contributed by atoms with Crippen molar-refractivity contribution in [1.82, 2.24) is 24.5 Å². The highest BCUT2D eigenvalue weighted by molar-refractivity contribution is 6.15. The third-order valence-electron chi connectivity index (χ3n) is 3.87. The third kappa shape index (κ3) is 3.68. The van der Waals surface area contributed by atoms with Crippen LogP contribution in [0.15, 0.2) is 35.9 Å². The van der Waals surface area contributed by atoms with Gasteiger partial charge in [0, 0.05) is 48.8 Å². The average Bonchev–Trinajstić information content (AvgIpc) is 3.18. The van der Waals surface area contributed by atoms with E-state index in [0.29, 0.717) is 11.1 Å². The molecule has 0 spiro atoms. The first-order chi connectivity index (χ1) is 12.0. The number of hydrogen-bond donors (Lipinski definition) is 0. The number of likely N-dealkylation sites (tertiary alicyclic amines) is 1. The van der Waals surface area contributed by atoms with Gasteiger partial charge in [-0.2, -0.15) is 10.2 Å². The summed E-state index contributed by atoms with van der Waals surface area (Å²) < 4.78 is 8.13. The van der Waals surface area contributed by atoms with Crippen molar-refractivity contribution in [2.24, 2.45) is 14.1 Å². The predicted molar refractivity (Wildman–Crippen MR) is 91.4 cm³/mol. The average molecular weight is 341 g/mol. The van der Waals surface area contributed by atoms with Gasteiger partial charge in [0.25, 0.3) is 0 Å². The molecule has 130 valence electrons. The van der Waals surface area contributed by atoms with E-state index in [2.05, 4.69) is 10.2 Å². The van der Waals surface area contributed by atoms with Gasteiger partial charge in [-0.15, -0.1) is 0 Å². The van der Waals surface area contributed by atoms with Crippen molar-refractivity contribution in [2.75, 3.05) is 20.2 Å². The number of ketones is 1. The normalized spacial score (nSPS) is 18.2. The minimum atomic E-state index is -0.471. The lowest BCUT2D eigenvalue weighted by Crippen LogP contribution is -2.41. The summed E-state index contributed by atoms with van der Waals surface area (Å²) in [5, 5.41) is 8.19. The summed E-state index contributed by atoms with van der Waals surface area (Å²) in [6.45, 7) is 0.398. The molecule has 0 bridgehead atoms. The van der Waals surface area contributed by atoms with Gasteiger partial charge < -0.3 is 4.74 Å². The topological polar surface area (TPSA) is 82.2 Å². The molecule has 0 N–H and O–H groups in total. The molecule has 0 saturated carbocycles. The largest absolute Gasteiger partial charge is 0.453 e. The van der Waals surface area contributed by atoms with Crippen LogP contribution in [0, 0.1) is 0 Å². The Bertz CT molecular complexity index is 812. The molecule has 1 aliphatic heterocycles. The van der Waals surface area contributed by atoms with Crippen LogP contribution in [0.3, 0.4) is 0 Å². The second-order valence-corrected chi connectivity index (χ2v) is 5.89. The number of Topliss-reactive ketones (excluding diaryl/α,β-unsaturated/α-hetero) is 1. The zero-order chi connectivity index (χ0) is 18.0. The van der Waals surface area contributed by atoms with Gasteiger partial charge in [-0.25, -0.2) is 4.79 Å². The van der Waals surface area contributed by atoms with Crippen molar-refractivity contribution in [3.63, 3.8) is 0 Å². The maximum absolute atomic E-state index is 12.8. The highest BCUT2D eigenvalue weighted by Gasteiger charge is 2.29. The molecule has 1 fully saturated rings. The second kappa shape index (κ2) is 6.76. The molecule has 3 heterocycles. The Labute approximate surface area is 145 Å². The number of piperidine rings is 1. The number of amides is 1. The SMILES string of the molecule is COC(=O)N1C/C(=C/c2cnn(C)c2)C(=O)/C(=C\c2cnn(C)c2)C1. The van der Waals surface area contributed by atoms with Crippen molar-refractivity contribution in [3.8, 4) is 0 Å². The fraction of sp³-hybridized carbons (Fsp3) is 0.294. The molecule has 2 aromatic heterocycles. The monoisotopic (exact) mass is 341 g/mol. The van der Waals surface area contributed by atoms with Crippen molar-refractivity contribution < 1.29 is 14.3 Å². The molecule has 1 aliphatic rings. The number of nitrogens with zero attached hydrogens (tertiary/aromatic N) is 5. The van der Waals surface area contributed by atoms with E-state index in [9.17, 15) is 9.59 Å². The highest BCUT2D eigenvalue weighted by atomic mass is 16.5. The lowest BCUT2D eigenvalue weighted by molar-refractivity contribution is -0.113. The number of rotatable bonds is 2. The van der Waals surface area contributed by atoms with Gasteiger partial charge in [-0.05, 0) is 12.2 Å². The molecule has 0 atom stereocenters. The van der Waals surface area contributed by atoms with Crippen LogP contribution in [0.1, 0.15) is 11.1 Å². The van der Waals surface area contributed by atoms with Gasteiger partial charge in [0.2, 0.25) is 0 Å². The maximum Gasteiger partial charge on any atom is 0.410 e. The summed E-state index contributed by atoms with van der Waals surface area (Å²) in [6, 6.07) is 0. The quantitative estimate of drug-likeness (QED) is 0.768. The maximum atomic E-state index is 12.8. The molecule has 0 aromatic carbocycles. The smallest absolute Gasteiger partial charge is 0.410 e. The standard InChI is InChI=1S/C17H19N5O3/c1-20-8-12(6-18-20)4-14-10-22(17(24)25-3)11-15(16(14)23)5-13-7-19-21(2)9-13/h4-9H,10-11H2,1-3H3/b14-4-,15-5-. The lowest BCUT2D eigenvalue weighted by atomic mass is 9.95. The summed E-state index contributed by atoms with van der Waals surface area (Å²) in [7, 11) is 4.94. The Kier molecular flexibility index (Phi) is 4.51. The summed E-state index contributed by atoms with van der Waals surface area (Å²) in [4.78, 5) is 26.3. The number of ether oxygens (including phenoxy) is 1. The Hall–Kier alpha value is -3.16. The van der Waals surface area contributed by atoms with Crippen molar-refractivity contribution in [1.29, 1.82) is 0 Å². The number of aromatic nitrogens is 4. The van der Waals surface area contributed by atoms with Gasteiger partial charge >= 0.3 is 6.09 Å². The second-order valence-electron chi connectivity index (χ2n) is 5.89. The minimum Gasteiger partial charge on any atom is -0.453 e. The Morgan fingerprint density at radius 3 is 1.88 bits per heavy atom. The van der Waals surface area contributed by atoms with Gasteiger partial charge in [0.15, 0.2) is 5.78 Å². The van der Waals surface area contributed by atoms with E-state index in [4.69, 9.17) is 4.74 Å². The molecule has 2 aromatic rings. The zero-order valence-electron chi connectivity index (χ0n) is 14.3.